The highest BCUT2D eigenvalue weighted by Gasteiger charge is 2.19. The molecule has 1 fully saturated rings. The summed E-state index contributed by atoms with van der Waals surface area (Å²) in [5.41, 5.74) is 1.27. The van der Waals surface area contributed by atoms with Crippen molar-refractivity contribution in [3.8, 4) is 0 Å². The van der Waals surface area contributed by atoms with Crippen LogP contribution in [-0.4, -0.2) is 19.1 Å². The third-order valence-electron chi connectivity index (χ3n) is 3.32. The molecule has 0 unspecified atom stereocenters. The van der Waals surface area contributed by atoms with E-state index in [-0.39, 0.29) is 0 Å². The molecule has 1 aromatic rings. The Bertz CT molecular complexity index is 331. The lowest BCUT2D eigenvalue weighted by atomic mass is 10.2. The van der Waals surface area contributed by atoms with E-state index in [4.69, 9.17) is 4.42 Å². The highest BCUT2D eigenvalue weighted by atomic mass is 16.3. The fourth-order valence-corrected chi connectivity index (χ4v) is 2.08. The van der Waals surface area contributed by atoms with Gasteiger partial charge in [-0.05, 0) is 51.3 Å². The van der Waals surface area contributed by atoms with Crippen LogP contribution in [-0.2, 0) is 13.0 Å². The summed E-state index contributed by atoms with van der Waals surface area (Å²) < 4.78 is 5.57. The van der Waals surface area contributed by atoms with E-state index in [0.29, 0.717) is 0 Å². The highest BCUT2D eigenvalue weighted by Crippen LogP contribution is 2.18. The molecule has 1 saturated carbocycles. The first-order chi connectivity index (χ1) is 8.88. The molecule has 0 saturated heterocycles. The molecule has 1 aliphatic rings. The molecular weight excluding hydrogens is 224 g/mol. The third-order valence-corrected chi connectivity index (χ3v) is 3.32. The van der Waals surface area contributed by atoms with Gasteiger partial charge in [0.15, 0.2) is 0 Å². The first kappa shape index (κ1) is 13.6. The van der Waals surface area contributed by atoms with Crippen molar-refractivity contribution in [2.75, 3.05) is 13.1 Å². The lowest BCUT2D eigenvalue weighted by molar-refractivity contribution is 0.491. The zero-order valence-corrected chi connectivity index (χ0v) is 11.5. The molecule has 2 rings (SSSR count). The maximum absolute atomic E-state index is 5.57. The Morgan fingerprint density at radius 2 is 2.17 bits per heavy atom. The van der Waals surface area contributed by atoms with Gasteiger partial charge in [0, 0.05) is 24.6 Å². The second-order valence-electron chi connectivity index (χ2n) is 5.28. The van der Waals surface area contributed by atoms with Crippen LogP contribution in [0, 0.1) is 0 Å². The molecular formula is C15H26N2O. The van der Waals surface area contributed by atoms with E-state index in [0.717, 1.165) is 37.9 Å². The molecule has 2 N–H and O–H groups in total. The van der Waals surface area contributed by atoms with Crippen LogP contribution in [0.15, 0.2) is 16.7 Å². The van der Waals surface area contributed by atoms with E-state index in [1.165, 1.54) is 37.7 Å². The number of rotatable bonds is 10. The van der Waals surface area contributed by atoms with Crippen molar-refractivity contribution in [1.29, 1.82) is 0 Å². The van der Waals surface area contributed by atoms with Crippen LogP contribution < -0.4 is 10.6 Å². The summed E-state index contributed by atoms with van der Waals surface area (Å²) in [4.78, 5) is 0. The zero-order valence-electron chi connectivity index (χ0n) is 11.5. The van der Waals surface area contributed by atoms with E-state index in [9.17, 15) is 0 Å². The van der Waals surface area contributed by atoms with Crippen molar-refractivity contribution >= 4 is 0 Å². The van der Waals surface area contributed by atoms with E-state index in [1.54, 1.807) is 0 Å². The van der Waals surface area contributed by atoms with Gasteiger partial charge in [-0.3, -0.25) is 0 Å². The van der Waals surface area contributed by atoms with Crippen molar-refractivity contribution in [1.82, 2.24) is 10.6 Å². The Balaban J connectivity index is 1.54. The largest absolute Gasteiger partial charge is 0.469 e. The lowest BCUT2D eigenvalue weighted by Gasteiger charge is -2.01. The minimum absolute atomic E-state index is 0.838. The molecule has 102 valence electrons. The molecule has 3 heteroatoms. The number of aryl methyl sites for hydroxylation is 1. The number of hydrogen-bond acceptors (Lipinski definition) is 3. The number of unbranched alkanes of at least 4 members (excludes halogenated alkanes) is 1. The van der Waals surface area contributed by atoms with Gasteiger partial charge in [0.1, 0.15) is 5.76 Å². The summed E-state index contributed by atoms with van der Waals surface area (Å²) in [5, 5.41) is 6.93. The minimum Gasteiger partial charge on any atom is -0.469 e. The fraction of sp³-hybridized carbons (Fsp3) is 0.733. The molecule has 0 atom stereocenters. The van der Waals surface area contributed by atoms with E-state index in [1.807, 2.05) is 6.26 Å². The van der Waals surface area contributed by atoms with Gasteiger partial charge >= 0.3 is 0 Å². The van der Waals surface area contributed by atoms with Crippen LogP contribution in [0.4, 0.5) is 0 Å². The smallest absolute Gasteiger partial charge is 0.104 e. The van der Waals surface area contributed by atoms with Crippen molar-refractivity contribution in [2.45, 2.75) is 58.0 Å². The molecule has 3 nitrogen and oxygen atoms in total. The predicted molar refractivity (Wildman–Crippen MR) is 74.7 cm³/mol. The van der Waals surface area contributed by atoms with E-state index < -0.39 is 0 Å². The summed E-state index contributed by atoms with van der Waals surface area (Å²) in [6.45, 7) is 5.35. The average Bonchev–Trinajstić information content (AvgIpc) is 3.09. The topological polar surface area (TPSA) is 37.2 Å². The second-order valence-corrected chi connectivity index (χ2v) is 5.28. The molecule has 1 aliphatic carbocycles. The zero-order chi connectivity index (χ0) is 12.6. The number of nitrogens with one attached hydrogen (secondary N) is 2. The average molecular weight is 250 g/mol. The quantitative estimate of drug-likeness (QED) is 0.627. The van der Waals surface area contributed by atoms with Crippen LogP contribution in [0.2, 0.25) is 0 Å². The first-order valence-corrected chi connectivity index (χ1v) is 7.39. The van der Waals surface area contributed by atoms with Crippen molar-refractivity contribution < 1.29 is 4.42 Å². The Hall–Kier alpha value is -0.800. The van der Waals surface area contributed by atoms with Gasteiger partial charge in [0.05, 0.1) is 6.26 Å². The number of furan rings is 1. The highest BCUT2D eigenvalue weighted by molar-refractivity contribution is 5.12. The van der Waals surface area contributed by atoms with Crippen LogP contribution >= 0.6 is 0 Å². The van der Waals surface area contributed by atoms with Crippen molar-refractivity contribution in [3.63, 3.8) is 0 Å². The van der Waals surface area contributed by atoms with Crippen molar-refractivity contribution in [2.24, 2.45) is 0 Å². The minimum atomic E-state index is 0.838. The fourth-order valence-electron chi connectivity index (χ4n) is 2.08. The van der Waals surface area contributed by atoms with E-state index >= 15 is 0 Å². The van der Waals surface area contributed by atoms with Gasteiger partial charge in [-0.25, -0.2) is 0 Å². The standard InChI is InChI=1S/C15H26N2O/c1-2-8-16-11-13-10-15(18-12-13)5-3-4-9-17-14-6-7-14/h10,12,14,16-17H,2-9,11H2,1H3. The van der Waals surface area contributed by atoms with E-state index in [2.05, 4.69) is 23.6 Å². The molecule has 0 aromatic carbocycles. The lowest BCUT2D eigenvalue weighted by Crippen LogP contribution is -2.17. The molecule has 0 bridgehead atoms. The van der Waals surface area contributed by atoms with Gasteiger partial charge in [-0.15, -0.1) is 0 Å². The maximum Gasteiger partial charge on any atom is 0.104 e. The van der Waals surface area contributed by atoms with Crippen LogP contribution in [0.3, 0.4) is 0 Å². The SMILES string of the molecule is CCCNCc1coc(CCCCNC2CC2)c1. The maximum atomic E-state index is 5.57. The van der Waals surface area contributed by atoms with Gasteiger partial charge in [-0.1, -0.05) is 6.92 Å². The van der Waals surface area contributed by atoms with Gasteiger partial charge in [-0.2, -0.15) is 0 Å². The molecule has 0 amide bonds. The molecule has 1 heterocycles. The molecule has 0 aliphatic heterocycles. The van der Waals surface area contributed by atoms with Crippen LogP contribution in [0.25, 0.3) is 0 Å². The first-order valence-electron chi connectivity index (χ1n) is 7.39. The number of hydrogen-bond donors (Lipinski definition) is 2. The van der Waals surface area contributed by atoms with Gasteiger partial charge in [0.25, 0.3) is 0 Å². The third kappa shape index (κ3) is 5.23. The Labute approximate surface area is 110 Å². The second kappa shape index (κ2) is 7.59. The molecule has 0 spiro atoms. The monoisotopic (exact) mass is 250 g/mol. The van der Waals surface area contributed by atoms with Crippen LogP contribution in [0.5, 0.6) is 0 Å². The summed E-state index contributed by atoms with van der Waals surface area (Å²) in [6.07, 6.45) is 9.37. The van der Waals surface area contributed by atoms with Crippen molar-refractivity contribution in [3.05, 3.63) is 23.7 Å². The van der Waals surface area contributed by atoms with Crippen LogP contribution in [0.1, 0.15) is 50.4 Å². The summed E-state index contributed by atoms with van der Waals surface area (Å²) in [7, 11) is 0. The Morgan fingerprint density at radius 3 is 2.94 bits per heavy atom. The molecule has 1 aromatic heterocycles. The molecule has 0 radical (unpaired) electrons. The Morgan fingerprint density at radius 1 is 1.28 bits per heavy atom. The summed E-state index contributed by atoms with van der Waals surface area (Å²) >= 11 is 0. The van der Waals surface area contributed by atoms with Gasteiger partial charge in [0.2, 0.25) is 0 Å². The normalized spacial score (nSPS) is 15.2. The van der Waals surface area contributed by atoms with Gasteiger partial charge < -0.3 is 15.1 Å². The summed E-state index contributed by atoms with van der Waals surface area (Å²) in [5.74, 6) is 1.13. The predicted octanol–water partition coefficient (Wildman–Crippen LogP) is 2.85. The molecule has 18 heavy (non-hydrogen) atoms. The summed E-state index contributed by atoms with van der Waals surface area (Å²) in [6, 6.07) is 3.03. The Kier molecular flexibility index (Phi) is 5.75.